The van der Waals surface area contributed by atoms with Crippen molar-refractivity contribution in [3.8, 4) is 0 Å². The van der Waals surface area contributed by atoms with Crippen LogP contribution in [0.1, 0.15) is 34.1 Å². The normalized spacial score (nSPS) is 15.2. The van der Waals surface area contributed by atoms with Gasteiger partial charge in [0.2, 0.25) is 0 Å². The maximum absolute atomic E-state index is 12.9. The zero-order valence-corrected chi connectivity index (χ0v) is 13.0. The first-order valence-corrected chi connectivity index (χ1v) is 8.04. The number of halogens is 1. The molecule has 2 nitrogen and oxygen atoms in total. The lowest BCUT2D eigenvalue weighted by atomic mass is 9.88. The Morgan fingerprint density at radius 3 is 2.32 bits per heavy atom. The quantitative estimate of drug-likeness (QED) is 0.868. The van der Waals surface area contributed by atoms with E-state index in [9.17, 15) is 8.60 Å². The third-order valence-corrected chi connectivity index (χ3v) is 4.51. The van der Waals surface area contributed by atoms with Crippen molar-refractivity contribution < 1.29 is 8.60 Å². The average Bonchev–Trinajstić information content (AvgIpc) is 2.33. The van der Waals surface area contributed by atoms with Crippen molar-refractivity contribution >= 4 is 10.8 Å². The highest BCUT2D eigenvalue weighted by Gasteiger charge is 2.26. The Balaban J connectivity index is 2.73. The van der Waals surface area contributed by atoms with Gasteiger partial charge in [-0.3, -0.25) is 4.21 Å². The minimum atomic E-state index is -1.10. The van der Waals surface area contributed by atoms with Crippen LogP contribution in [0.3, 0.4) is 0 Å². The van der Waals surface area contributed by atoms with E-state index in [-0.39, 0.29) is 17.3 Å². The summed E-state index contributed by atoms with van der Waals surface area (Å²) in [6.07, 6.45) is 1.05. The van der Waals surface area contributed by atoms with Gasteiger partial charge in [0, 0.05) is 16.7 Å². The smallest absolute Gasteiger partial charge is 0.123 e. The summed E-state index contributed by atoms with van der Waals surface area (Å²) in [5.74, 6) is 0.256. The Labute approximate surface area is 118 Å². The minimum absolute atomic E-state index is 0.0465. The van der Waals surface area contributed by atoms with Crippen LogP contribution in [0.4, 0.5) is 4.39 Å². The van der Waals surface area contributed by atoms with E-state index < -0.39 is 10.8 Å². The van der Waals surface area contributed by atoms with Crippen molar-refractivity contribution in [3.05, 3.63) is 30.1 Å². The van der Waals surface area contributed by atoms with Crippen LogP contribution in [0, 0.1) is 11.2 Å². The Morgan fingerprint density at radius 1 is 1.26 bits per heavy atom. The molecule has 0 aliphatic heterocycles. The van der Waals surface area contributed by atoms with Crippen LogP contribution in [0.5, 0.6) is 0 Å². The predicted octanol–water partition coefficient (Wildman–Crippen LogP) is 3.35. The molecular weight excluding hydrogens is 261 g/mol. The van der Waals surface area contributed by atoms with Gasteiger partial charge >= 0.3 is 0 Å². The summed E-state index contributed by atoms with van der Waals surface area (Å²) in [7, 11) is -1.10. The average molecular weight is 285 g/mol. The van der Waals surface area contributed by atoms with Gasteiger partial charge in [0.15, 0.2) is 0 Å². The standard InChI is InChI=1S/C15H24FNOS/c1-5-10-17-14(15(2,3)4)11-19(18)13-8-6-12(16)7-9-13/h6-9,14,17H,5,10-11H2,1-4H3. The van der Waals surface area contributed by atoms with Crippen molar-refractivity contribution in [1.29, 1.82) is 0 Å². The van der Waals surface area contributed by atoms with E-state index >= 15 is 0 Å². The first kappa shape index (κ1) is 16.3. The number of benzene rings is 1. The maximum atomic E-state index is 12.9. The molecule has 0 aromatic heterocycles. The first-order chi connectivity index (χ1) is 8.84. The molecule has 4 heteroatoms. The lowest BCUT2D eigenvalue weighted by Crippen LogP contribution is -2.44. The molecule has 0 bridgehead atoms. The fourth-order valence-corrected chi connectivity index (χ4v) is 3.32. The summed E-state index contributed by atoms with van der Waals surface area (Å²) in [5.41, 5.74) is 0.0465. The van der Waals surface area contributed by atoms with E-state index in [2.05, 4.69) is 33.0 Å². The van der Waals surface area contributed by atoms with Gasteiger partial charge in [0.25, 0.3) is 0 Å². The second kappa shape index (κ2) is 7.15. The van der Waals surface area contributed by atoms with Crippen LogP contribution < -0.4 is 5.32 Å². The van der Waals surface area contributed by atoms with Crippen molar-refractivity contribution in [3.63, 3.8) is 0 Å². The zero-order valence-electron chi connectivity index (χ0n) is 12.2. The molecular formula is C15H24FNOS. The molecule has 0 heterocycles. The van der Waals surface area contributed by atoms with Crippen molar-refractivity contribution in [2.24, 2.45) is 5.41 Å². The van der Waals surface area contributed by atoms with Crippen LogP contribution in [0.25, 0.3) is 0 Å². The van der Waals surface area contributed by atoms with Crippen molar-refractivity contribution in [2.75, 3.05) is 12.3 Å². The minimum Gasteiger partial charge on any atom is -0.313 e. The summed E-state index contributed by atoms with van der Waals surface area (Å²) in [6, 6.07) is 6.10. The summed E-state index contributed by atoms with van der Waals surface area (Å²) >= 11 is 0. The molecule has 2 unspecified atom stereocenters. The Kier molecular flexibility index (Phi) is 6.14. The summed E-state index contributed by atoms with van der Waals surface area (Å²) in [4.78, 5) is 0.689. The molecule has 1 N–H and O–H groups in total. The zero-order chi connectivity index (χ0) is 14.5. The van der Waals surface area contributed by atoms with Gasteiger partial charge in [-0.25, -0.2) is 4.39 Å². The van der Waals surface area contributed by atoms with Gasteiger partial charge < -0.3 is 5.32 Å². The molecule has 0 saturated heterocycles. The highest BCUT2D eigenvalue weighted by molar-refractivity contribution is 7.85. The van der Waals surface area contributed by atoms with Crippen LogP contribution in [0.15, 0.2) is 29.2 Å². The molecule has 1 rings (SSSR count). The van der Waals surface area contributed by atoms with E-state index in [1.807, 2.05) is 0 Å². The monoisotopic (exact) mass is 285 g/mol. The Morgan fingerprint density at radius 2 is 1.84 bits per heavy atom. The third kappa shape index (κ3) is 5.41. The molecule has 0 radical (unpaired) electrons. The van der Waals surface area contributed by atoms with Crippen LogP contribution in [0.2, 0.25) is 0 Å². The van der Waals surface area contributed by atoms with Gasteiger partial charge in [-0.15, -0.1) is 0 Å². The second-order valence-electron chi connectivity index (χ2n) is 5.84. The largest absolute Gasteiger partial charge is 0.313 e. The van der Waals surface area contributed by atoms with Gasteiger partial charge in [0.05, 0.1) is 10.8 Å². The molecule has 0 fully saturated rings. The highest BCUT2D eigenvalue weighted by Crippen LogP contribution is 2.22. The number of nitrogens with one attached hydrogen (secondary N) is 1. The SMILES string of the molecule is CCCNC(CS(=O)c1ccc(F)cc1)C(C)(C)C. The van der Waals surface area contributed by atoms with E-state index in [4.69, 9.17) is 0 Å². The second-order valence-corrected chi connectivity index (χ2v) is 7.33. The summed E-state index contributed by atoms with van der Waals surface area (Å²) < 4.78 is 25.2. The van der Waals surface area contributed by atoms with E-state index in [1.165, 1.54) is 12.1 Å². The highest BCUT2D eigenvalue weighted by atomic mass is 32.2. The molecule has 0 aliphatic carbocycles. The molecule has 0 aliphatic rings. The Hall–Kier alpha value is -0.740. The molecule has 19 heavy (non-hydrogen) atoms. The lowest BCUT2D eigenvalue weighted by molar-refractivity contribution is 0.290. The van der Waals surface area contributed by atoms with Crippen LogP contribution >= 0.6 is 0 Å². The molecule has 0 amide bonds. The molecule has 108 valence electrons. The van der Waals surface area contributed by atoms with Crippen molar-refractivity contribution in [2.45, 2.75) is 45.1 Å². The van der Waals surface area contributed by atoms with Crippen LogP contribution in [-0.4, -0.2) is 22.5 Å². The van der Waals surface area contributed by atoms with E-state index in [1.54, 1.807) is 12.1 Å². The number of hydrogen-bond acceptors (Lipinski definition) is 2. The topological polar surface area (TPSA) is 29.1 Å². The molecule has 2 atom stereocenters. The van der Waals surface area contributed by atoms with Crippen LogP contribution in [-0.2, 0) is 10.8 Å². The third-order valence-electron chi connectivity index (χ3n) is 3.08. The fourth-order valence-electron chi connectivity index (χ4n) is 1.77. The van der Waals surface area contributed by atoms with E-state index in [0.29, 0.717) is 10.6 Å². The lowest BCUT2D eigenvalue weighted by Gasteiger charge is -2.31. The van der Waals surface area contributed by atoms with Gasteiger partial charge in [-0.05, 0) is 42.6 Å². The number of rotatable bonds is 6. The van der Waals surface area contributed by atoms with Gasteiger partial charge in [-0.1, -0.05) is 27.7 Å². The predicted molar refractivity (Wildman–Crippen MR) is 79.2 cm³/mol. The summed E-state index contributed by atoms with van der Waals surface area (Å²) in [6.45, 7) is 9.46. The summed E-state index contributed by atoms with van der Waals surface area (Å²) in [5, 5.41) is 3.45. The molecule has 0 spiro atoms. The fraction of sp³-hybridized carbons (Fsp3) is 0.600. The number of hydrogen-bond donors (Lipinski definition) is 1. The molecule has 1 aromatic rings. The first-order valence-electron chi connectivity index (χ1n) is 6.72. The molecule has 1 aromatic carbocycles. The van der Waals surface area contributed by atoms with Gasteiger partial charge in [-0.2, -0.15) is 0 Å². The van der Waals surface area contributed by atoms with E-state index in [0.717, 1.165) is 13.0 Å². The van der Waals surface area contributed by atoms with Crippen molar-refractivity contribution in [1.82, 2.24) is 5.32 Å². The Bertz CT molecular complexity index is 411. The van der Waals surface area contributed by atoms with Gasteiger partial charge in [0.1, 0.15) is 5.82 Å². The maximum Gasteiger partial charge on any atom is 0.123 e. The molecule has 0 saturated carbocycles.